The quantitative estimate of drug-likeness (QED) is 0.606. The van der Waals surface area contributed by atoms with Crippen molar-refractivity contribution in [3.63, 3.8) is 0 Å². The number of hydrogen-bond donors (Lipinski definition) is 2. The van der Waals surface area contributed by atoms with Gasteiger partial charge in [0.2, 0.25) is 0 Å². The van der Waals surface area contributed by atoms with Crippen molar-refractivity contribution in [2.24, 2.45) is 0 Å². The molecule has 0 aliphatic rings. The lowest BCUT2D eigenvalue weighted by Crippen LogP contribution is -2.24. The number of ether oxygens (including phenoxy) is 1. The van der Waals surface area contributed by atoms with Crippen LogP contribution >= 0.6 is 0 Å². The summed E-state index contributed by atoms with van der Waals surface area (Å²) in [5.74, 6) is -0.307. The van der Waals surface area contributed by atoms with Gasteiger partial charge in [0.25, 0.3) is 0 Å². The highest BCUT2D eigenvalue weighted by Crippen LogP contribution is 2.17. The highest BCUT2D eigenvalue weighted by atomic mass is 16.6. The summed E-state index contributed by atoms with van der Waals surface area (Å²) in [6.07, 6.45) is 0. The van der Waals surface area contributed by atoms with Gasteiger partial charge in [-0.1, -0.05) is 6.07 Å². The van der Waals surface area contributed by atoms with Crippen molar-refractivity contribution in [1.29, 1.82) is 0 Å². The molecule has 0 aliphatic carbocycles. The van der Waals surface area contributed by atoms with Crippen LogP contribution in [0.3, 0.4) is 0 Å². The molecule has 0 atom stereocenters. The molecule has 0 aromatic heterocycles. The Morgan fingerprint density at radius 1 is 1.29 bits per heavy atom. The maximum absolute atomic E-state index is 11.7. The van der Waals surface area contributed by atoms with Crippen LogP contribution in [0.25, 0.3) is 0 Å². The molecule has 0 unspecified atom stereocenters. The maximum Gasteiger partial charge on any atom is 0.707 e. The van der Waals surface area contributed by atoms with Crippen molar-refractivity contribution >= 4 is 13.3 Å². The SMILES string of the molecule is CC(C)(C)OC(=O)c1cccc(OB(O)O)c1. The molecule has 0 spiro atoms. The molecule has 0 saturated carbocycles. The lowest BCUT2D eigenvalue weighted by Gasteiger charge is -2.19. The summed E-state index contributed by atoms with van der Waals surface area (Å²) in [4.78, 5) is 11.7. The molecular formula is C11H15BO5. The molecule has 17 heavy (non-hydrogen) atoms. The third-order valence-corrected chi connectivity index (χ3v) is 1.71. The minimum atomic E-state index is -1.91. The van der Waals surface area contributed by atoms with Gasteiger partial charge in [0, 0.05) is 0 Å². The minimum Gasteiger partial charge on any atom is -0.512 e. The zero-order chi connectivity index (χ0) is 13.1. The largest absolute Gasteiger partial charge is 0.707 e. The summed E-state index contributed by atoms with van der Waals surface area (Å²) >= 11 is 0. The van der Waals surface area contributed by atoms with E-state index in [2.05, 4.69) is 4.65 Å². The predicted octanol–water partition coefficient (Wildman–Crippen LogP) is 0.990. The standard InChI is InChI=1S/C11H15BO5/c1-11(2,3)16-10(13)8-5-4-6-9(7-8)17-12(14)15/h4-7,14-15H,1-3H3. The Bertz CT molecular complexity index is 397. The van der Waals surface area contributed by atoms with Crippen LogP contribution in [0.2, 0.25) is 0 Å². The molecule has 0 radical (unpaired) electrons. The highest BCUT2D eigenvalue weighted by molar-refractivity contribution is 6.33. The van der Waals surface area contributed by atoms with Crippen LogP contribution < -0.4 is 4.65 Å². The molecule has 6 heteroatoms. The number of rotatable bonds is 3. The molecule has 5 nitrogen and oxygen atoms in total. The van der Waals surface area contributed by atoms with Crippen LogP contribution in [0.1, 0.15) is 31.1 Å². The predicted molar refractivity (Wildman–Crippen MR) is 62.4 cm³/mol. The van der Waals surface area contributed by atoms with E-state index in [1.54, 1.807) is 32.9 Å². The summed E-state index contributed by atoms with van der Waals surface area (Å²) in [5.41, 5.74) is -0.289. The monoisotopic (exact) mass is 238 g/mol. The first-order chi connectivity index (χ1) is 7.78. The molecule has 0 aliphatic heterocycles. The van der Waals surface area contributed by atoms with Gasteiger partial charge in [0.1, 0.15) is 11.4 Å². The van der Waals surface area contributed by atoms with Gasteiger partial charge >= 0.3 is 13.3 Å². The zero-order valence-electron chi connectivity index (χ0n) is 10.0. The molecule has 0 saturated heterocycles. The van der Waals surface area contributed by atoms with Crippen molar-refractivity contribution in [2.45, 2.75) is 26.4 Å². The molecule has 92 valence electrons. The number of hydrogen-bond acceptors (Lipinski definition) is 5. The highest BCUT2D eigenvalue weighted by Gasteiger charge is 2.19. The van der Waals surface area contributed by atoms with Crippen LogP contribution in [0.4, 0.5) is 0 Å². The van der Waals surface area contributed by atoms with E-state index in [0.717, 1.165) is 0 Å². The first-order valence-electron chi connectivity index (χ1n) is 5.14. The number of esters is 1. The smallest absolute Gasteiger partial charge is 0.512 e. The van der Waals surface area contributed by atoms with Crippen molar-refractivity contribution in [2.75, 3.05) is 0 Å². The lowest BCUT2D eigenvalue weighted by atomic mass is 10.1. The van der Waals surface area contributed by atoms with Gasteiger partial charge in [0.05, 0.1) is 5.56 Å². The third kappa shape index (κ3) is 4.88. The molecule has 0 amide bonds. The Hall–Kier alpha value is -1.53. The van der Waals surface area contributed by atoms with E-state index in [-0.39, 0.29) is 11.3 Å². The Morgan fingerprint density at radius 2 is 1.94 bits per heavy atom. The van der Waals surface area contributed by atoms with Gasteiger partial charge in [-0.25, -0.2) is 4.79 Å². The molecule has 0 fully saturated rings. The first-order valence-corrected chi connectivity index (χ1v) is 5.14. The Balaban J connectivity index is 2.81. The van der Waals surface area contributed by atoms with Crippen molar-refractivity contribution in [3.05, 3.63) is 29.8 Å². The second-order valence-electron chi connectivity index (χ2n) is 4.47. The molecule has 1 rings (SSSR count). The van der Waals surface area contributed by atoms with Crippen molar-refractivity contribution in [1.82, 2.24) is 0 Å². The van der Waals surface area contributed by atoms with Crippen LogP contribution in [0, 0.1) is 0 Å². The van der Waals surface area contributed by atoms with E-state index in [9.17, 15) is 4.79 Å². The van der Waals surface area contributed by atoms with Crippen molar-refractivity contribution < 1.29 is 24.2 Å². The molecule has 0 bridgehead atoms. The molecule has 2 N–H and O–H groups in total. The van der Waals surface area contributed by atoms with Crippen LogP contribution in [0.5, 0.6) is 5.75 Å². The van der Waals surface area contributed by atoms with E-state index in [4.69, 9.17) is 14.8 Å². The lowest BCUT2D eigenvalue weighted by molar-refractivity contribution is 0.00690. The molecule has 1 aromatic rings. The van der Waals surface area contributed by atoms with Gasteiger partial charge in [-0.15, -0.1) is 0 Å². The first kappa shape index (κ1) is 13.5. The zero-order valence-corrected chi connectivity index (χ0v) is 10.0. The third-order valence-electron chi connectivity index (χ3n) is 1.71. The summed E-state index contributed by atoms with van der Waals surface area (Å²) in [6.45, 7) is 5.30. The maximum atomic E-state index is 11.7. The second-order valence-corrected chi connectivity index (χ2v) is 4.47. The fraction of sp³-hybridized carbons (Fsp3) is 0.364. The fourth-order valence-corrected chi connectivity index (χ4v) is 1.16. The van der Waals surface area contributed by atoms with E-state index in [1.165, 1.54) is 12.1 Å². The number of carbonyl (C=O) groups is 1. The van der Waals surface area contributed by atoms with Crippen LogP contribution in [0.15, 0.2) is 24.3 Å². The summed E-state index contributed by atoms with van der Waals surface area (Å²) in [7, 11) is -1.91. The van der Waals surface area contributed by atoms with Gasteiger partial charge in [0.15, 0.2) is 0 Å². The Morgan fingerprint density at radius 3 is 2.47 bits per heavy atom. The molecule has 1 aromatic carbocycles. The van der Waals surface area contributed by atoms with Gasteiger partial charge in [-0.2, -0.15) is 0 Å². The summed E-state index contributed by atoms with van der Waals surface area (Å²) in [5, 5.41) is 17.3. The average molecular weight is 238 g/mol. The topological polar surface area (TPSA) is 76.0 Å². The van der Waals surface area contributed by atoms with E-state index in [1.807, 2.05) is 0 Å². The molecule has 0 heterocycles. The van der Waals surface area contributed by atoms with Gasteiger partial charge in [-0.3, -0.25) is 0 Å². The second kappa shape index (κ2) is 5.20. The molecular weight excluding hydrogens is 223 g/mol. The van der Waals surface area contributed by atoms with Gasteiger partial charge < -0.3 is 19.4 Å². The van der Waals surface area contributed by atoms with Crippen LogP contribution in [-0.4, -0.2) is 28.9 Å². The minimum absolute atomic E-state index is 0.184. The van der Waals surface area contributed by atoms with E-state index in [0.29, 0.717) is 0 Å². The normalized spacial score (nSPS) is 10.9. The number of carbonyl (C=O) groups excluding carboxylic acids is 1. The summed E-state index contributed by atoms with van der Waals surface area (Å²) in [6, 6.07) is 6.02. The Labute approximate surface area is 100 Å². The number of benzene rings is 1. The summed E-state index contributed by atoms with van der Waals surface area (Å²) < 4.78 is 9.80. The van der Waals surface area contributed by atoms with Crippen molar-refractivity contribution in [3.8, 4) is 5.75 Å². The van der Waals surface area contributed by atoms with E-state index >= 15 is 0 Å². The van der Waals surface area contributed by atoms with E-state index < -0.39 is 18.9 Å². The average Bonchev–Trinajstić information content (AvgIpc) is 2.14. The Kier molecular flexibility index (Phi) is 4.14. The fourth-order valence-electron chi connectivity index (χ4n) is 1.16. The van der Waals surface area contributed by atoms with Gasteiger partial charge in [-0.05, 0) is 39.0 Å². The van der Waals surface area contributed by atoms with Crippen LogP contribution in [-0.2, 0) is 4.74 Å².